The number of nitrogens with one attached hydrogen (secondary N) is 1. The van der Waals surface area contributed by atoms with Crippen LogP contribution in [0.3, 0.4) is 0 Å². The molecular formula is C15H20N2O2S. The molecule has 2 rings (SSSR count). The second-order valence-corrected chi connectivity index (χ2v) is 5.29. The number of rotatable bonds is 7. The van der Waals surface area contributed by atoms with E-state index in [4.69, 9.17) is 15.3 Å². The van der Waals surface area contributed by atoms with Crippen LogP contribution in [-0.2, 0) is 0 Å². The minimum absolute atomic E-state index is 0.141. The Kier molecular flexibility index (Phi) is 5.40. The molecule has 0 aliphatic carbocycles. The molecule has 0 fully saturated rings. The quantitative estimate of drug-likeness (QED) is 0.608. The van der Waals surface area contributed by atoms with Crippen molar-refractivity contribution in [1.29, 1.82) is 0 Å². The summed E-state index contributed by atoms with van der Waals surface area (Å²) in [5, 5.41) is 1.99. The Balaban J connectivity index is 2.36. The van der Waals surface area contributed by atoms with Gasteiger partial charge in [-0.15, -0.1) is 11.3 Å². The van der Waals surface area contributed by atoms with Crippen LogP contribution in [0.4, 0.5) is 0 Å². The Labute approximate surface area is 123 Å². The number of ether oxygens (including phenoxy) is 2. The van der Waals surface area contributed by atoms with E-state index in [1.165, 1.54) is 0 Å². The van der Waals surface area contributed by atoms with E-state index in [0.717, 1.165) is 28.4 Å². The molecule has 0 bridgehead atoms. The van der Waals surface area contributed by atoms with Gasteiger partial charge in [-0.05, 0) is 23.9 Å². The Morgan fingerprint density at radius 2 is 2.05 bits per heavy atom. The molecule has 1 aromatic heterocycles. The van der Waals surface area contributed by atoms with Gasteiger partial charge in [0.2, 0.25) is 0 Å². The van der Waals surface area contributed by atoms with Crippen molar-refractivity contribution >= 4 is 11.3 Å². The number of hydrogen-bond donors (Lipinski definition) is 2. The van der Waals surface area contributed by atoms with E-state index >= 15 is 0 Å². The van der Waals surface area contributed by atoms with Gasteiger partial charge in [-0.25, -0.2) is 5.43 Å². The molecule has 0 radical (unpaired) electrons. The highest BCUT2D eigenvalue weighted by atomic mass is 32.1. The SMILES string of the molecule is CCCOc1ccccc1C(NN)c1sccc1OC. The predicted molar refractivity (Wildman–Crippen MR) is 82.3 cm³/mol. The van der Waals surface area contributed by atoms with E-state index in [2.05, 4.69) is 12.3 Å². The summed E-state index contributed by atoms with van der Waals surface area (Å²) < 4.78 is 11.2. The fourth-order valence-electron chi connectivity index (χ4n) is 2.06. The maximum absolute atomic E-state index is 5.81. The Morgan fingerprint density at radius 1 is 1.25 bits per heavy atom. The number of thiophene rings is 1. The zero-order valence-corrected chi connectivity index (χ0v) is 12.6. The molecule has 0 aliphatic heterocycles. The van der Waals surface area contributed by atoms with Crippen molar-refractivity contribution in [2.45, 2.75) is 19.4 Å². The average Bonchev–Trinajstić information content (AvgIpc) is 2.95. The van der Waals surface area contributed by atoms with E-state index < -0.39 is 0 Å². The fourth-order valence-corrected chi connectivity index (χ4v) is 2.99. The molecule has 1 aromatic carbocycles. The number of methoxy groups -OCH3 is 1. The highest BCUT2D eigenvalue weighted by Crippen LogP contribution is 2.37. The molecular weight excluding hydrogens is 272 g/mol. The minimum Gasteiger partial charge on any atom is -0.496 e. The zero-order valence-electron chi connectivity index (χ0n) is 11.8. The van der Waals surface area contributed by atoms with Gasteiger partial charge in [0, 0.05) is 5.56 Å². The zero-order chi connectivity index (χ0) is 14.4. The highest BCUT2D eigenvalue weighted by molar-refractivity contribution is 7.10. The van der Waals surface area contributed by atoms with Crippen molar-refractivity contribution in [2.24, 2.45) is 5.84 Å². The monoisotopic (exact) mass is 292 g/mol. The first kappa shape index (κ1) is 14.8. The first-order valence-electron chi connectivity index (χ1n) is 6.61. The van der Waals surface area contributed by atoms with Gasteiger partial charge in [0.25, 0.3) is 0 Å². The Hall–Kier alpha value is -1.56. The molecule has 1 unspecified atom stereocenters. The molecule has 4 nitrogen and oxygen atoms in total. The molecule has 5 heteroatoms. The summed E-state index contributed by atoms with van der Waals surface area (Å²) in [7, 11) is 1.67. The van der Waals surface area contributed by atoms with Gasteiger partial charge in [0.1, 0.15) is 11.5 Å². The number of hydrogen-bond acceptors (Lipinski definition) is 5. The van der Waals surface area contributed by atoms with Crippen molar-refractivity contribution in [3.05, 3.63) is 46.2 Å². The topological polar surface area (TPSA) is 56.5 Å². The summed E-state index contributed by atoms with van der Waals surface area (Å²) in [6, 6.07) is 9.74. The lowest BCUT2D eigenvalue weighted by Gasteiger charge is -2.19. The lowest BCUT2D eigenvalue weighted by atomic mass is 10.0. The fraction of sp³-hybridized carbons (Fsp3) is 0.333. The highest BCUT2D eigenvalue weighted by Gasteiger charge is 2.21. The molecule has 1 atom stereocenters. The van der Waals surface area contributed by atoms with Crippen LogP contribution < -0.4 is 20.7 Å². The third-order valence-electron chi connectivity index (χ3n) is 3.00. The molecule has 0 saturated carbocycles. The van der Waals surface area contributed by atoms with Crippen molar-refractivity contribution < 1.29 is 9.47 Å². The molecule has 0 saturated heterocycles. The van der Waals surface area contributed by atoms with E-state index in [1.807, 2.05) is 35.7 Å². The van der Waals surface area contributed by atoms with Gasteiger partial charge in [-0.2, -0.15) is 0 Å². The number of benzene rings is 1. The number of para-hydroxylation sites is 1. The average molecular weight is 292 g/mol. The molecule has 1 heterocycles. The summed E-state index contributed by atoms with van der Waals surface area (Å²) in [5.74, 6) is 7.45. The van der Waals surface area contributed by atoms with E-state index in [0.29, 0.717) is 6.61 Å². The van der Waals surface area contributed by atoms with Gasteiger partial charge in [0.05, 0.1) is 24.6 Å². The summed E-state index contributed by atoms with van der Waals surface area (Å²) >= 11 is 1.61. The van der Waals surface area contributed by atoms with Crippen LogP contribution >= 0.6 is 11.3 Å². The number of hydrazine groups is 1. The lowest BCUT2D eigenvalue weighted by molar-refractivity contribution is 0.311. The van der Waals surface area contributed by atoms with E-state index in [1.54, 1.807) is 18.4 Å². The van der Waals surface area contributed by atoms with Crippen molar-refractivity contribution in [1.82, 2.24) is 5.43 Å². The molecule has 0 amide bonds. The molecule has 3 N–H and O–H groups in total. The van der Waals surface area contributed by atoms with Gasteiger partial charge in [0.15, 0.2) is 0 Å². The molecule has 2 aromatic rings. The smallest absolute Gasteiger partial charge is 0.134 e. The maximum atomic E-state index is 5.81. The lowest BCUT2D eigenvalue weighted by Crippen LogP contribution is -2.29. The first-order chi connectivity index (χ1) is 9.81. The third-order valence-corrected chi connectivity index (χ3v) is 3.96. The molecule has 0 aliphatic rings. The summed E-state index contributed by atoms with van der Waals surface area (Å²) in [6.07, 6.45) is 0.970. The van der Waals surface area contributed by atoms with Crippen LogP contribution in [0.5, 0.6) is 11.5 Å². The molecule has 20 heavy (non-hydrogen) atoms. The molecule has 108 valence electrons. The number of nitrogens with two attached hydrogens (primary N) is 1. The first-order valence-corrected chi connectivity index (χ1v) is 7.49. The van der Waals surface area contributed by atoms with Crippen molar-refractivity contribution in [2.75, 3.05) is 13.7 Å². The molecule has 0 spiro atoms. The van der Waals surface area contributed by atoms with Crippen LogP contribution in [0.15, 0.2) is 35.7 Å². The van der Waals surface area contributed by atoms with Crippen molar-refractivity contribution in [3.63, 3.8) is 0 Å². The van der Waals surface area contributed by atoms with Gasteiger partial charge in [-0.1, -0.05) is 25.1 Å². The van der Waals surface area contributed by atoms with E-state index in [-0.39, 0.29) is 6.04 Å². The Morgan fingerprint density at radius 3 is 2.75 bits per heavy atom. The maximum Gasteiger partial charge on any atom is 0.134 e. The van der Waals surface area contributed by atoms with E-state index in [9.17, 15) is 0 Å². The van der Waals surface area contributed by atoms with Crippen LogP contribution in [0.25, 0.3) is 0 Å². The summed E-state index contributed by atoms with van der Waals surface area (Å²) in [5.41, 5.74) is 3.88. The standard InChI is InChI=1S/C15H20N2O2S/c1-3-9-19-12-7-5-4-6-11(12)14(17-16)15-13(18-2)8-10-20-15/h4-8,10,14,17H,3,9,16H2,1-2H3. The van der Waals surface area contributed by atoms with Crippen LogP contribution in [0, 0.1) is 0 Å². The largest absolute Gasteiger partial charge is 0.496 e. The summed E-state index contributed by atoms with van der Waals surface area (Å²) in [4.78, 5) is 1.04. The second-order valence-electron chi connectivity index (χ2n) is 4.34. The summed E-state index contributed by atoms with van der Waals surface area (Å²) in [6.45, 7) is 2.78. The van der Waals surface area contributed by atoms with Gasteiger partial charge < -0.3 is 9.47 Å². The minimum atomic E-state index is -0.141. The van der Waals surface area contributed by atoms with Crippen molar-refractivity contribution in [3.8, 4) is 11.5 Å². The third kappa shape index (κ3) is 3.12. The van der Waals surface area contributed by atoms with Crippen LogP contribution in [-0.4, -0.2) is 13.7 Å². The van der Waals surface area contributed by atoms with Crippen LogP contribution in [0.2, 0.25) is 0 Å². The Bertz CT molecular complexity index is 542. The second kappa shape index (κ2) is 7.28. The van der Waals surface area contributed by atoms with Gasteiger partial charge in [-0.3, -0.25) is 5.84 Å². The van der Waals surface area contributed by atoms with Gasteiger partial charge >= 0.3 is 0 Å². The normalized spacial score (nSPS) is 12.2. The van der Waals surface area contributed by atoms with Crippen LogP contribution in [0.1, 0.15) is 29.8 Å². The predicted octanol–water partition coefficient (Wildman–Crippen LogP) is 3.10.